The summed E-state index contributed by atoms with van der Waals surface area (Å²) in [6.07, 6.45) is 2.18. The molecule has 1 amide bonds. The molecule has 0 fully saturated rings. The topological polar surface area (TPSA) is 68.5 Å². The Kier molecular flexibility index (Phi) is 5.35. The van der Waals surface area contributed by atoms with E-state index in [1.165, 1.54) is 22.7 Å². The summed E-state index contributed by atoms with van der Waals surface area (Å²) < 4.78 is 8.47. The fourth-order valence-corrected chi connectivity index (χ4v) is 5.17. The first-order valence-corrected chi connectivity index (χ1v) is 11.7. The number of halogens is 1. The largest absolute Gasteiger partial charge is 0.494 e. The number of hydrogen-bond acceptors (Lipinski definition) is 6. The first-order chi connectivity index (χ1) is 15.1. The van der Waals surface area contributed by atoms with E-state index in [1.807, 2.05) is 65.4 Å². The Morgan fingerprint density at radius 3 is 2.84 bits per heavy atom. The molecule has 3 aromatic heterocycles. The van der Waals surface area contributed by atoms with Crippen molar-refractivity contribution in [2.24, 2.45) is 0 Å². The number of carbonyl (C=O) groups excluding carboxylic acids is 1. The van der Waals surface area contributed by atoms with Crippen LogP contribution in [0, 0.1) is 0 Å². The van der Waals surface area contributed by atoms with E-state index in [1.54, 1.807) is 0 Å². The zero-order valence-electron chi connectivity index (χ0n) is 16.5. The van der Waals surface area contributed by atoms with Crippen LogP contribution in [0.15, 0.2) is 54.0 Å². The maximum Gasteiger partial charge on any atom is 0.232 e. The average Bonchev–Trinajstić information content (AvgIpc) is 3.43. The van der Waals surface area contributed by atoms with Gasteiger partial charge in [0.25, 0.3) is 0 Å². The third-order valence-electron chi connectivity index (χ3n) is 4.68. The second kappa shape index (κ2) is 8.30. The van der Waals surface area contributed by atoms with Crippen molar-refractivity contribution in [3.8, 4) is 17.0 Å². The molecule has 5 aromatic rings. The van der Waals surface area contributed by atoms with Gasteiger partial charge in [-0.2, -0.15) is 0 Å². The number of anilines is 1. The van der Waals surface area contributed by atoms with Gasteiger partial charge in [0.2, 0.25) is 5.91 Å². The Balaban J connectivity index is 1.33. The molecule has 2 aromatic carbocycles. The lowest BCUT2D eigenvalue weighted by Crippen LogP contribution is -2.15. The Bertz CT molecular complexity index is 1390. The van der Waals surface area contributed by atoms with Crippen LogP contribution in [0.25, 0.3) is 26.4 Å². The summed E-state index contributed by atoms with van der Waals surface area (Å²) in [7, 11) is 0. The highest BCUT2D eigenvalue weighted by molar-refractivity contribution is 7.22. The zero-order valence-corrected chi connectivity index (χ0v) is 18.9. The molecule has 0 bridgehead atoms. The van der Waals surface area contributed by atoms with Gasteiger partial charge in [-0.1, -0.05) is 35.1 Å². The molecule has 0 saturated heterocycles. The summed E-state index contributed by atoms with van der Waals surface area (Å²) in [5.41, 5.74) is 3.55. The number of carbonyl (C=O) groups is 1. The molecule has 0 spiro atoms. The number of rotatable bonds is 6. The number of thiazole rings is 2. The van der Waals surface area contributed by atoms with E-state index in [0.717, 1.165) is 37.9 Å². The van der Waals surface area contributed by atoms with E-state index < -0.39 is 0 Å². The predicted octanol–water partition coefficient (Wildman–Crippen LogP) is 5.91. The van der Waals surface area contributed by atoms with E-state index in [2.05, 4.69) is 15.3 Å². The van der Waals surface area contributed by atoms with Crippen molar-refractivity contribution in [2.75, 3.05) is 11.9 Å². The van der Waals surface area contributed by atoms with Gasteiger partial charge in [0.05, 0.1) is 28.9 Å². The Hall–Kier alpha value is -2.94. The monoisotopic (exact) mass is 468 g/mol. The number of ether oxygens (including phenoxy) is 1. The van der Waals surface area contributed by atoms with Crippen LogP contribution in [0.5, 0.6) is 5.75 Å². The van der Waals surface area contributed by atoms with Crippen LogP contribution in [0.4, 0.5) is 5.13 Å². The van der Waals surface area contributed by atoms with Crippen LogP contribution >= 0.6 is 34.3 Å². The minimum Gasteiger partial charge on any atom is -0.494 e. The molecule has 0 aliphatic carbocycles. The normalized spacial score (nSPS) is 11.3. The molecule has 3 heterocycles. The quantitative estimate of drug-likeness (QED) is 0.336. The second-order valence-electron chi connectivity index (χ2n) is 6.82. The number of fused-ring (bicyclic) bond motifs is 2. The third kappa shape index (κ3) is 4.14. The molecule has 9 heteroatoms. The fourth-order valence-electron chi connectivity index (χ4n) is 3.26. The van der Waals surface area contributed by atoms with Crippen LogP contribution in [0.3, 0.4) is 0 Å². The molecule has 0 aliphatic rings. The first kappa shape index (κ1) is 20.0. The van der Waals surface area contributed by atoms with Gasteiger partial charge in [-0.15, -0.1) is 11.3 Å². The molecule has 1 N–H and O–H groups in total. The number of nitrogens with zero attached hydrogens (tertiary/aromatic N) is 3. The van der Waals surface area contributed by atoms with Crippen molar-refractivity contribution in [3.05, 3.63) is 64.8 Å². The maximum atomic E-state index is 12.7. The van der Waals surface area contributed by atoms with Gasteiger partial charge in [-0.3, -0.25) is 9.20 Å². The zero-order chi connectivity index (χ0) is 21.4. The van der Waals surface area contributed by atoms with Gasteiger partial charge in [-0.25, -0.2) is 9.97 Å². The molecule has 31 heavy (non-hydrogen) atoms. The van der Waals surface area contributed by atoms with E-state index in [4.69, 9.17) is 16.3 Å². The fraction of sp³-hybridized carbons (Fsp3) is 0.136. The van der Waals surface area contributed by atoms with Gasteiger partial charge >= 0.3 is 0 Å². The lowest BCUT2D eigenvalue weighted by molar-refractivity contribution is -0.115. The van der Waals surface area contributed by atoms with Crippen LogP contribution < -0.4 is 10.1 Å². The maximum absolute atomic E-state index is 12.7. The summed E-state index contributed by atoms with van der Waals surface area (Å²) in [4.78, 5) is 22.7. The van der Waals surface area contributed by atoms with Gasteiger partial charge in [-0.05, 0) is 37.3 Å². The smallest absolute Gasteiger partial charge is 0.232 e. The highest BCUT2D eigenvalue weighted by Crippen LogP contribution is 2.30. The molecule has 0 unspecified atom stereocenters. The predicted molar refractivity (Wildman–Crippen MR) is 127 cm³/mol. The van der Waals surface area contributed by atoms with Crippen molar-refractivity contribution < 1.29 is 9.53 Å². The average molecular weight is 469 g/mol. The minimum atomic E-state index is -0.120. The third-order valence-corrected chi connectivity index (χ3v) is 6.76. The van der Waals surface area contributed by atoms with E-state index in [9.17, 15) is 4.79 Å². The summed E-state index contributed by atoms with van der Waals surface area (Å²) in [5.74, 6) is 0.680. The lowest BCUT2D eigenvalue weighted by Gasteiger charge is -2.01. The Morgan fingerprint density at radius 1 is 1.19 bits per heavy atom. The Labute approximate surface area is 191 Å². The van der Waals surface area contributed by atoms with E-state index in [0.29, 0.717) is 16.8 Å². The van der Waals surface area contributed by atoms with Crippen LogP contribution in [0.1, 0.15) is 12.6 Å². The number of aromatic nitrogens is 3. The van der Waals surface area contributed by atoms with Crippen molar-refractivity contribution in [1.29, 1.82) is 0 Å². The van der Waals surface area contributed by atoms with Gasteiger partial charge in [0.1, 0.15) is 5.75 Å². The molecule has 6 nitrogen and oxygen atoms in total. The summed E-state index contributed by atoms with van der Waals surface area (Å²) in [6, 6.07) is 13.3. The SMILES string of the molecule is CCOc1ccc2nc(NC(=O)Cc3csc4nc(-c5ccc(Cl)cc5)cn34)sc2c1. The van der Waals surface area contributed by atoms with Crippen molar-refractivity contribution in [2.45, 2.75) is 13.3 Å². The number of amides is 1. The molecule has 0 aliphatic heterocycles. The number of imidazole rings is 1. The molecule has 0 atom stereocenters. The molecular formula is C22H17ClN4O2S2. The lowest BCUT2D eigenvalue weighted by atomic mass is 10.2. The molecule has 0 saturated carbocycles. The number of nitrogens with one attached hydrogen (secondary N) is 1. The highest BCUT2D eigenvalue weighted by Gasteiger charge is 2.14. The second-order valence-corrected chi connectivity index (χ2v) is 9.12. The van der Waals surface area contributed by atoms with E-state index in [-0.39, 0.29) is 12.3 Å². The van der Waals surface area contributed by atoms with Crippen molar-refractivity contribution >= 4 is 60.5 Å². The molecule has 0 radical (unpaired) electrons. The van der Waals surface area contributed by atoms with Crippen molar-refractivity contribution in [3.63, 3.8) is 0 Å². The van der Waals surface area contributed by atoms with Gasteiger partial charge in [0, 0.05) is 27.9 Å². The van der Waals surface area contributed by atoms with Crippen molar-refractivity contribution in [1.82, 2.24) is 14.4 Å². The summed E-state index contributed by atoms with van der Waals surface area (Å²) in [5, 5.41) is 6.14. The standard InChI is InChI=1S/C22H17ClN4O2S2/c1-2-29-16-7-8-17-19(10-16)31-21(24-17)26-20(28)9-15-12-30-22-25-18(11-27(15)22)13-3-5-14(23)6-4-13/h3-8,10-12H,2,9H2,1H3,(H,24,26,28). The van der Waals surface area contributed by atoms with Crippen LogP contribution in [-0.4, -0.2) is 26.9 Å². The summed E-state index contributed by atoms with van der Waals surface area (Å²) in [6.45, 7) is 2.56. The van der Waals surface area contributed by atoms with Gasteiger partial charge < -0.3 is 10.1 Å². The van der Waals surface area contributed by atoms with Crippen LogP contribution in [0.2, 0.25) is 5.02 Å². The Morgan fingerprint density at radius 2 is 2.03 bits per heavy atom. The molecule has 5 rings (SSSR count). The van der Waals surface area contributed by atoms with Crippen LogP contribution in [-0.2, 0) is 11.2 Å². The summed E-state index contributed by atoms with van der Waals surface area (Å²) >= 11 is 8.92. The minimum absolute atomic E-state index is 0.120. The van der Waals surface area contributed by atoms with E-state index >= 15 is 0 Å². The van der Waals surface area contributed by atoms with Gasteiger partial charge in [0.15, 0.2) is 10.1 Å². The molecular weight excluding hydrogens is 452 g/mol. The first-order valence-electron chi connectivity index (χ1n) is 9.63. The number of hydrogen-bond donors (Lipinski definition) is 1. The highest BCUT2D eigenvalue weighted by atomic mass is 35.5. The molecule has 156 valence electrons. The number of benzene rings is 2.